The molecular formula is C23H20Cl2N2O5S. The number of carbonyl (C=O) groups excluding carboxylic acids is 2. The van der Waals surface area contributed by atoms with Gasteiger partial charge in [-0.05, 0) is 61.0 Å². The van der Waals surface area contributed by atoms with Gasteiger partial charge in [0.1, 0.15) is 6.54 Å². The molecule has 3 aromatic rings. The molecule has 7 nitrogen and oxygen atoms in total. The minimum atomic E-state index is -4.07. The van der Waals surface area contributed by atoms with Gasteiger partial charge in [0.15, 0.2) is 0 Å². The topological polar surface area (TPSA) is 92.8 Å². The van der Waals surface area contributed by atoms with Gasteiger partial charge in [0, 0.05) is 10.7 Å². The van der Waals surface area contributed by atoms with Crippen LogP contribution in [0.1, 0.15) is 15.9 Å². The molecule has 0 spiro atoms. The van der Waals surface area contributed by atoms with Crippen LogP contribution in [0.3, 0.4) is 0 Å². The molecule has 0 fully saturated rings. The van der Waals surface area contributed by atoms with Gasteiger partial charge in [0.2, 0.25) is 5.91 Å². The fourth-order valence-corrected chi connectivity index (χ4v) is 5.05. The number of ether oxygens (including phenoxy) is 1. The van der Waals surface area contributed by atoms with Crippen LogP contribution in [-0.2, 0) is 19.6 Å². The first-order valence-electron chi connectivity index (χ1n) is 9.65. The number of nitrogens with zero attached hydrogens (tertiary/aromatic N) is 1. The van der Waals surface area contributed by atoms with Crippen molar-refractivity contribution in [2.24, 2.45) is 0 Å². The fourth-order valence-electron chi connectivity index (χ4n) is 3.12. The molecular weight excluding hydrogens is 487 g/mol. The minimum Gasteiger partial charge on any atom is -0.465 e. The van der Waals surface area contributed by atoms with Gasteiger partial charge in [-0.15, -0.1) is 0 Å². The van der Waals surface area contributed by atoms with E-state index in [-0.39, 0.29) is 21.2 Å². The largest absolute Gasteiger partial charge is 0.465 e. The maximum absolute atomic E-state index is 13.4. The molecule has 0 aliphatic rings. The van der Waals surface area contributed by atoms with Crippen molar-refractivity contribution in [3.63, 3.8) is 0 Å². The summed E-state index contributed by atoms with van der Waals surface area (Å²) >= 11 is 12.1. The Kier molecular flexibility index (Phi) is 7.63. The molecule has 0 heterocycles. The lowest BCUT2D eigenvalue weighted by atomic mass is 10.2. The Hall–Kier alpha value is -3.07. The maximum atomic E-state index is 13.4. The summed E-state index contributed by atoms with van der Waals surface area (Å²) in [5.74, 6) is -1.29. The third-order valence-electron chi connectivity index (χ3n) is 4.70. The van der Waals surface area contributed by atoms with E-state index in [1.54, 1.807) is 43.3 Å². The zero-order chi connectivity index (χ0) is 24.2. The lowest BCUT2D eigenvalue weighted by Crippen LogP contribution is -2.38. The maximum Gasteiger partial charge on any atom is 0.339 e. The molecule has 33 heavy (non-hydrogen) atoms. The van der Waals surface area contributed by atoms with E-state index in [4.69, 9.17) is 23.2 Å². The number of esters is 1. The molecule has 3 rings (SSSR count). The summed E-state index contributed by atoms with van der Waals surface area (Å²) in [5, 5.41) is 3.20. The normalized spacial score (nSPS) is 11.0. The number of anilines is 2. The van der Waals surface area contributed by atoms with Crippen LogP contribution in [0.25, 0.3) is 0 Å². The van der Waals surface area contributed by atoms with Crippen LogP contribution in [0.5, 0.6) is 0 Å². The average molecular weight is 507 g/mol. The summed E-state index contributed by atoms with van der Waals surface area (Å²) in [7, 11) is -2.86. The molecule has 0 atom stereocenters. The molecule has 172 valence electrons. The van der Waals surface area contributed by atoms with Gasteiger partial charge in [0.25, 0.3) is 10.0 Å². The molecule has 1 N–H and O–H groups in total. The van der Waals surface area contributed by atoms with E-state index < -0.39 is 28.4 Å². The van der Waals surface area contributed by atoms with Crippen molar-refractivity contribution in [2.75, 3.05) is 23.3 Å². The number of carbonyl (C=O) groups is 2. The van der Waals surface area contributed by atoms with Crippen LogP contribution in [-0.4, -0.2) is 33.9 Å². The monoisotopic (exact) mass is 506 g/mol. The Morgan fingerprint density at radius 3 is 2.33 bits per heavy atom. The minimum absolute atomic E-state index is 0.0339. The predicted octanol–water partition coefficient (Wildman–Crippen LogP) is 4.92. The highest BCUT2D eigenvalue weighted by Crippen LogP contribution is 2.29. The van der Waals surface area contributed by atoms with Crippen molar-refractivity contribution in [2.45, 2.75) is 11.8 Å². The van der Waals surface area contributed by atoms with Crippen molar-refractivity contribution < 1.29 is 22.7 Å². The number of rotatable bonds is 7. The van der Waals surface area contributed by atoms with Crippen molar-refractivity contribution in [1.29, 1.82) is 0 Å². The number of amides is 1. The third-order valence-corrected chi connectivity index (χ3v) is 7.04. The molecule has 1 amide bonds. The molecule has 0 radical (unpaired) electrons. The smallest absolute Gasteiger partial charge is 0.339 e. The van der Waals surface area contributed by atoms with Crippen molar-refractivity contribution in [3.8, 4) is 0 Å². The van der Waals surface area contributed by atoms with Crippen molar-refractivity contribution in [1.82, 2.24) is 0 Å². The highest BCUT2D eigenvalue weighted by atomic mass is 35.5. The zero-order valence-electron chi connectivity index (χ0n) is 17.7. The molecule has 0 aliphatic carbocycles. The summed E-state index contributed by atoms with van der Waals surface area (Å²) in [4.78, 5) is 24.8. The zero-order valence-corrected chi connectivity index (χ0v) is 20.0. The third kappa shape index (κ3) is 5.65. The molecule has 0 aliphatic heterocycles. The number of hydrogen-bond acceptors (Lipinski definition) is 5. The summed E-state index contributed by atoms with van der Waals surface area (Å²) in [6, 6.07) is 16.8. The van der Waals surface area contributed by atoms with Crippen LogP contribution >= 0.6 is 23.2 Å². The van der Waals surface area contributed by atoms with E-state index in [2.05, 4.69) is 10.1 Å². The Balaban J connectivity index is 1.96. The molecule has 0 saturated heterocycles. The molecule has 10 heteroatoms. The van der Waals surface area contributed by atoms with Crippen LogP contribution in [0.15, 0.2) is 71.6 Å². The molecule has 0 bridgehead atoms. The van der Waals surface area contributed by atoms with Gasteiger partial charge in [0.05, 0.1) is 28.3 Å². The second-order valence-electron chi connectivity index (χ2n) is 6.99. The van der Waals surface area contributed by atoms with E-state index in [1.807, 2.05) is 0 Å². The number of benzene rings is 3. The Morgan fingerprint density at radius 2 is 1.70 bits per heavy atom. The Bertz CT molecular complexity index is 1300. The lowest BCUT2D eigenvalue weighted by Gasteiger charge is -2.25. The number of halogens is 2. The van der Waals surface area contributed by atoms with Crippen molar-refractivity contribution >= 4 is 56.5 Å². The summed E-state index contributed by atoms with van der Waals surface area (Å²) in [6.45, 7) is 1.18. The second-order valence-corrected chi connectivity index (χ2v) is 9.70. The quantitative estimate of drug-likeness (QED) is 0.459. The Labute approximate surface area is 201 Å². The standard InChI is InChI=1S/C23H20Cl2N2O5S/c1-15-12-16(24)8-11-21(15)27(33(30,31)18-6-4-3-5-7-18)14-22(28)26-17-9-10-20(25)19(13-17)23(29)32-2/h3-13H,14H2,1-2H3,(H,26,28). The fraction of sp³-hybridized carbons (Fsp3) is 0.130. The van der Waals surface area contributed by atoms with Gasteiger partial charge in [-0.2, -0.15) is 0 Å². The highest BCUT2D eigenvalue weighted by molar-refractivity contribution is 7.92. The first kappa shape index (κ1) is 24.6. The number of nitrogens with one attached hydrogen (secondary N) is 1. The van der Waals surface area contributed by atoms with Gasteiger partial charge in [-0.3, -0.25) is 9.10 Å². The van der Waals surface area contributed by atoms with Gasteiger partial charge >= 0.3 is 5.97 Å². The van der Waals surface area contributed by atoms with Crippen molar-refractivity contribution in [3.05, 3.63) is 87.9 Å². The first-order chi connectivity index (χ1) is 15.6. The second kappa shape index (κ2) is 10.2. The number of sulfonamides is 1. The van der Waals surface area contributed by atoms with Gasteiger partial charge < -0.3 is 10.1 Å². The van der Waals surface area contributed by atoms with Crippen LogP contribution in [0.2, 0.25) is 10.0 Å². The summed E-state index contributed by atoms with van der Waals surface area (Å²) in [6.07, 6.45) is 0. The van der Waals surface area contributed by atoms with Crippen LogP contribution in [0.4, 0.5) is 11.4 Å². The predicted molar refractivity (Wildman–Crippen MR) is 129 cm³/mol. The number of aryl methyl sites for hydroxylation is 1. The lowest BCUT2D eigenvalue weighted by molar-refractivity contribution is -0.114. The molecule has 0 unspecified atom stereocenters. The number of methoxy groups -OCH3 is 1. The first-order valence-corrected chi connectivity index (χ1v) is 11.8. The van der Waals surface area contributed by atoms with Crippen LogP contribution in [0, 0.1) is 6.92 Å². The van der Waals surface area contributed by atoms with E-state index in [1.165, 1.54) is 37.4 Å². The van der Waals surface area contributed by atoms with Crippen LogP contribution < -0.4 is 9.62 Å². The summed E-state index contributed by atoms with van der Waals surface area (Å²) < 4.78 is 32.5. The Morgan fingerprint density at radius 1 is 1.00 bits per heavy atom. The van der Waals surface area contributed by atoms with E-state index >= 15 is 0 Å². The SMILES string of the molecule is COC(=O)c1cc(NC(=O)CN(c2ccc(Cl)cc2C)S(=O)(=O)c2ccccc2)ccc1Cl. The molecule has 0 saturated carbocycles. The van der Waals surface area contributed by atoms with E-state index in [0.29, 0.717) is 16.3 Å². The summed E-state index contributed by atoms with van der Waals surface area (Å²) in [5.41, 5.74) is 1.22. The highest BCUT2D eigenvalue weighted by Gasteiger charge is 2.28. The average Bonchev–Trinajstić information content (AvgIpc) is 2.79. The van der Waals surface area contributed by atoms with Gasteiger partial charge in [-0.25, -0.2) is 13.2 Å². The van der Waals surface area contributed by atoms with E-state index in [0.717, 1.165) is 4.31 Å². The number of hydrogen-bond donors (Lipinski definition) is 1. The van der Waals surface area contributed by atoms with Gasteiger partial charge in [-0.1, -0.05) is 41.4 Å². The van der Waals surface area contributed by atoms with E-state index in [9.17, 15) is 18.0 Å². The molecule has 0 aromatic heterocycles. The molecule has 3 aromatic carbocycles.